The minimum Gasteiger partial charge on any atom is -0.361 e. The maximum atomic E-state index is 4.49. The summed E-state index contributed by atoms with van der Waals surface area (Å²) in [5.74, 6) is 1.87. The lowest BCUT2D eigenvalue weighted by atomic mass is 10.2. The van der Waals surface area contributed by atoms with Crippen molar-refractivity contribution >= 4 is 21.6 Å². The Kier molecular flexibility index (Phi) is 3.03. The van der Waals surface area contributed by atoms with Gasteiger partial charge in [0.15, 0.2) is 11.6 Å². The monoisotopic (exact) mass is 307 g/mol. The van der Waals surface area contributed by atoms with Gasteiger partial charge in [0.25, 0.3) is 0 Å². The van der Waals surface area contributed by atoms with Crippen LogP contribution in [0.2, 0.25) is 0 Å². The third kappa shape index (κ3) is 1.90. The summed E-state index contributed by atoms with van der Waals surface area (Å²) in [5.41, 5.74) is 1.14. The Morgan fingerprint density at radius 3 is 3.17 bits per heavy atom. The Bertz CT molecular complexity index is 565. The van der Waals surface area contributed by atoms with Gasteiger partial charge in [-0.2, -0.15) is 0 Å². The van der Waals surface area contributed by atoms with Gasteiger partial charge >= 0.3 is 0 Å². The molecule has 0 fully saturated rings. The number of hydrogen-bond acceptors (Lipinski definition) is 4. The number of pyridine rings is 1. The van der Waals surface area contributed by atoms with Gasteiger partial charge in [-0.05, 0) is 28.4 Å². The summed E-state index contributed by atoms with van der Waals surface area (Å²) in [4.78, 5) is 6.81. The Morgan fingerprint density at radius 2 is 2.33 bits per heavy atom. The van der Waals surface area contributed by atoms with E-state index in [1.54, 1.807) is 6.33 Å². The van der Waals surface area contributed by atoms with Crippen LogP contribution in [0.3, 0.4) is 0 Å². The molecule has 94 valence electrons. The van der Waals surface area contributed by atoms with Crippen molar-refractivity contribution in [1.29, 1.82) is 0 Å². The molecule has 5 nitrogen and oxygen atoms in total. The van der Waals surface area contributed by atoms with Gasteiger partial charge in [-0.1, -0.05) is 13.3 Å². The van der Waals surface area contributed by atoms with Crippen molar-refractivity contribution in [3.63, 3.8) is 0 Å². The summed E-state index contributed by atoms with van der Waals surface area (Å²) in [6, 6.07) is 2.11. The van der Waals surface area contributed by atoms with Crippen molar-refractivity contribution < 1.29 is 0 Å². The molecule has 0 aliphatic carbocycles. The van der Waals surface area contributed by atoms with E-state index >= 15 is 0 Å². The Morgan fingerprint density at radius 1 is 1.44 bits per heavy atom. The van der Waals surface area contributed by atoms with Crippen LogP contribution in [0.5, 0.6) is 0 Å². The molecule has 0 N–H and O–H groups in total. The van der Waals surface area contributed by atoms with E-state index in [9.17, 15) is 0 Å². The van der Waals surface area contributed by atoms with Crippen LogP contribution in [0.25, 0.3) is 5.82 Å². The molecule has 2 aromatic rings. The summed E-state index contributed by atoms with van der Waals surface area (Å²) < 4.78 is 2.96. The van der Waals surface area contributed by atoms with E-state index in [-0.39, 0.29) is 0 Å². The third-order valence-electron chi connectivity index (χ3n) is 3.11. The first-order valence-corrected chi connectivity index (χ1v) is 6.88. The van der Waals surface area contributed by atoms with E-state index in [1.807, 2.05) is 10.8 Å². The molecule has 0 saturated carbocycles. The minimum absolute atomic E-state index is 0.797. The zero-order valence-corrected chi connectivity index (χ0v) is 11.8. The second kappa shape index (κ2) is 4.68. The average molecular weight is 308 g/mol. The van der Waals surface area contributed by atoms with E-state index < -0.39 is 0 Å². The molecule has 3 heterocycles. The van der Waals surface area contributed by atoms with E-state index in [0.29, 0.717) is 0 Å². The fraction of sp³-hybridized carbons (Fsp3) is 0.417. The predicted molar refractivity (Wildman–Crippen MR) is 72.8 cm³/mol. The van der Waals surface area contributed by atoms with Crippen LogP contribution in [-0.4, -0.2) is 26.3 Å². The van der Waals surface area contributed by atoms with Gasteiger partial charge in [-0.3, -0.25) is 4.57 Å². The highest BCUT2D eigenvalue weighted by Gasteiger charge is 2.23. The number of rotatable bonds is 3. The number of unbranched alkanes of at least 4 members (excludes halogenated alkanes) is 1. The van der Waals surface area contributed by atoms with Crippen LogP contribution in [0, 0.1) is 0 Å². The third-order valence-corrected chi connectivity index (χ3v) is 3.55. The molecule has 1 aliphatic rings. The zero-order chi connectivity index (χ0) is 12.5. The second-order valence-electron chi connectivity index (χ2n) is 4.39. The number of fused-ring (bicyclic) bond motifs is 3. The van der Waals surface area contributed by atoms with Gasteiger partial charge in [-0.15, -0.1) is 10.2 Å². The molecule has 18 heavy (non-hydrogen) atoms. The average Bonchev–Trinajstić information content (AvgIpc) is 2.83. The van der Waals surface area contributed by atoms with Gasteiger partial charge < -0.3 is 4.90 Å². The van der Waals surface area contributed by atoms with E-state index in [2.05, 4.69) is 49.0 Å². The summed E-state index contributed by atoms with van der Waals surface area (Å²) in [6.45, 7) is 4.02. The molecule has 6 heteroatoms. The molecule has 2 aromatic heterocycles. The highest BCUT2D eigenvalue weighted by molar-refractivity contribution is 9.10. The van der Waals surface area contributed by atoms with Crippen molar-refractivity contribution in [2.75, 3.05) is 11.4 Å². The lowest BCUT2D eigenvalue weighted by Gasteiger charge is -2.30. The zero-order valence-electron chi connectivity index (χ0n) is 10.2. The SMILES string of the molecule is CCCCN1Cc2nncn2-c2ncc(Br)cc21. The molecular formula is C12H14BrN5. The molecule has 0 aromatic carbocycles. The Labute approximate surface area is 114 Å². The Hall–Kier alpha value is -1.43. The second-order valence-corrected chi connectivity index (χ2v) is 5.30. The number of hydrogen-bond donors (Lipinski definition) is 0. The van der Waals surface area contributed by atoms with Crippen LogP contribution in [-0.2, 0) is 6.54 Å². The van der Waals surface area contributed by atoms with Crippen LogP contribution in [0.15, 0.2) is 23.1 Å². The van der Waals surface area contributed by atoms with E-state index in [1.165, 1.54) is 12.8 Å². The van der Waals surface area contributed by atoms with Gasteiger partial charge in [0.1, 0.15) is 6.33 Å². The van der Waals surface area contributed by atoms with Gasteiger partial charge in [0, 0.05) is 17.2 Å². The minimum atomic E-state index is 0.797. The number of anilines is 1. The van der Waals surface area contributed by atoms with Crippen LogP contribution in [0.1, 0.15) is 25.6 Å². The van der Waals surface area contributed by atoms with Crippen molar-refractivity contribution in [2.45, 2.75) is 26.3 Å². The highest BCUT2D eigenvalue weighted by atomic mass is 79.9. The van der Waals surface area contributed by atoms with Gasteiger partial charge in [-0.25, -0.2) is 4.98 Å². The van der Waals surface area contributed by atoms with Gasteiger partial charge in [0.05, 0.1) is 12.2 Å². The predicted octanol–water partition coefficient (Wildman–Crippen LogP) is 2.54. The number of nitrogens with zero attached hydrogens (tertiary/aromatic N) is 5. The molecule has 0 amide bonds. The number of aromatic nitrogens is 4. The van der Waals surface area contributed by atoms with E-state index in [4.69, 9.17) is 0 Å². The summed E-state index contributed by atoms with van der Waals surface area (Å²) in [7, 11) is 0. The largest absolute Gasteiger partial charge is 0.361 e. The molecular weight excluding hydrogens is 294 g/mol. The molecule has 0 unspecified atom stereocenters. The first kappa shape index (κ1) is 11.6. The van der Waals surface area contributed by atoms with Crippen molar-refractivity contribution in [3.8, 4) is 5.82 Å². The van der Waals surface area contributed by atoms with Crippen molar-refractivity contribution in [3.05, 3.63) is 28.9 Å². The van der Waals surface area contributed by atoms with Crippen LogP contribution < -0.4 is 4.90 Å². The fourth-order valence-corrected chi connectivity index (χ4v) is 2.51. The summed E-state index contributed by atoms with van der Waals surface area (Å²) in [6.07, 6.45) is 5.89. The van der Waals surface area contributed by atoms with Gasteiger partial charge in [0.2, 0.25) is 0 Å². The van der Waals surface area contributed by atoms with Crippen LogP contribution >= 0.6 is 15.9 Å². The van der Waals surface area contributed by atoms with Crippen molar-refractivity contribution in [2.24, 2.45) is 0 Å². The van der Waals surface area contributed by atoms with Crippen LogP contribution in [0.4, 0.5) is 5.69 Å². The maximum absolute atomic E-state index is 4.49. The molecule has 0 bridgehead atoms. The first-order valence-electron chi connectivity index (χ1n) is 6.09. The quantitative estimate of drug-likeness (QED) is 0.874. The van der Waals surface area contributed by atoms with Crippen molar-refractivity contribution in [1.82, 2.24) is 19.7 Å². The smallest absolute Gasteiger partial charge is 0.163 e. The molecule has 0 saturated heterocycles. The summed E-state index contributed by atoms with van der Waals surface area (Å²) >= 11 is 3.49. The molecule has 3 rings (SSSR count). The fourth-order valence-electron chi connectivity index (χ4n) is 2.19. The lowest BCUT2D eigenvalue weighted by Crippen LogP contribution is -2.31. The summed E-state index contributed by atoms with van der Waals surface area (Å²) in [5, 5.41) is 8.13. The number of halogens is 1. The Balaban J connectivity index is 2.06. The first-order chi connectivity index (χ1) is 8.79. The molecule has 0 spiro atoms. The van der Waals surface area contributed by atoms with E-state index in [0.717, 1.165) is 34.9 Å². The maximum Gasteiger partial charge on any atom is 0.163 e. The molecule has 0 atom stereocenters. The normalized spacial score (nSPS) is 13.3. The topological polar surface area (TPSA) is 46.8 Å². The molecule has 1 aliphatic heterocycles. The molecule has 0 radical (unpaired) electrons. The lowest BCUT2D eigenvalue weighted by molar-refractivity contribution is 0.663. The highest BCUT2D eigenvalue weighted by Crippen LogP contribution is 2.31. The standard InChI is InChI=1S/C12H14BrN5/c1-2-3-4-17-7-11-16-15-8-18(11)12-10(17)5-9(13)6-14-12/h5-6,8H,2-4,7H2,1H3.